The van der Waals surface area contributed by atoms with Crippen LogP contribution in [0.25, 0.3) is 0 Å². The minimum Gasteiger partial charge on any atom is -0.497 e. The van der Waals surface area contributed by atoms with Crippen LogP contribution in [0.1, 0.15) is 21.8 Å². The summed E-state index contributed by atoms with van der Waals surface area (Å²) in [5.41, 5.74) is 0.707. The van der Waals surface area contributed by atoms with Gasteiger partial charge in [-0.2, -0.15) is 5.26 Å². The zero-order valence-electron chi connectivity index (χ0n) is 11.1. The Morgan fingerprint density at radius 3 is 2.71 bits per heavy atom. The topological polar surface area (TPSA) is 50.1 Å². The minimum atomic E-state index is -0.998. The average Bonchev–Trinajstić information content (AvgIpc) is 2.51. The third-order valence-corrected chi connectivity index (χ3v) is 3.31. The molecular weight excluding hydrogens is 293 g/mol. The molecule has 0 N–H and O–H groups in total. The highest BCUT2D eigenvalue weighted by Gasteiger charge is 2.22. The molecule has 21 heavy (non-hydrogen) atoms. The van der Waals surface area contributed by atoms with Gasteiger partial charge in [0.25, 0.3) is 0 Å². The van der Waals surface area contributed by atoms with Crippen LogP contribution in [0, 0.1) is 17.1 Å². The molecule has 0 fully saturated rings. The number of hydrogen-bond donors (Lipinski definition) is 0. The Bertz CT molecular complexity index is 724. The van der Waals surface area contributed by atoms with Crippen LogP contribution in [0.15, 0.2) is 42.5 Å². The monoisotopic (exact) mass is 303 g/mol. The van der Waals surface area contributed by atoms with Crippen molar-refractivity contribution in [2.75, 3.05) is 7.11 Å². The molecule has 0 amide bonds. The standard InChI is InChI=1S/C16H11ClFNO2/c1-21-12-4-2-3-10(7-12)13(9-19)16(20)11-5-6-15(18)14(17)8-11/h2-8,13H,1H3. The van der Waals surface area contributed by atoms with E-state index in [9.17, 15) is 14.4 Å². The van der Waals surface area contributed by atoms with Crippen molar-refractivity contribution in [2.24, 2.45) is 0 Å². The summed E-state index contributed by atoms with van der Waals surface area (Å²) in [6, 6.07) is 12.3. The number of ketones is 1. The molecule has 1 atom stereocenters. The van der Waals surface area contributed by atoms with E-state index in [2.05, 4.69) is 0 Å². The van der Waals surface area contributed by atoms with Crippen LogP contribution in [0.3, 0.4) is 0 Å². The van der Waals surface area contributed by atoms with Crippen LogP contribution in [0.2, 0.25) is 5.02 Å². The minimum absolute atomic E-state index is 0.150. The second-order valence-corrected chi connectivity index (χ2v) is 4.74. The van der Waals surface area contributed by atoms with Crippen molar-refractivity contribution in [3.8, 4) is 11.8 Å². The number of ether oxygens (including phenoxy) is 1. The van der Waals surface area contributed by atoms with Crippen LogP contribution in [-0.4, -0.2) is 12.9 Å². The first-order chi connectivity index (χ1) is 10.1. The Morgan fingerprint density at radius 2 is 2.10 bits per heavy atom. The quantitative estimate of drug-likeness (QED) is 0.803. The molecule has 0 aliphatic carbocycles. The number of rotatable bonds is 4. The van der Waals surface area contributed by atoms with E-state index in [1.54, 1.807) is 24.3 Å². The lowest BCUT2D eigenvalue weighted by Crippen LogP contribution is -2.11. The Kier molecular flexibility index (Phi) is 4.56. The Hall–Kier alpha value is -2.38. The van der Waals surface area contributed by atoms with E-state index in [1.165, 1.54) is 19.2 Å². The fourth-order valence-corrected chi connectivity index (χ4v) is 2.10. The number of methoxy groups -OCH3 is 1. The van der Waals surface area contributed by atoms with Crippen molar-refractivity contribution in [3.63, 3.8) is 0 Å². The molecule has 2 rings (SSSR count). The van der Waals surface area contributed by atoms with Gasteiger partial charge in [0.2, 0.25) is 0 Å². The normalized spacial score (nSPS) is 11.5. The smallest absolute Gasteiger partial charge is 0.184 e. The highest BCUT2D eigenvalue weighted by atomic mass is 35.5. The molecule has 0 saturated carbocycles. The third kappa shape index (κ3) is 3.21. The highest BCUT2D eigenvalue weighted by molar-refractivity contribution is 6.31. The molecule has 1 unspecified atom stereocenters. The molecule has 0 saturated heterocycles. The first kappa shape index (κ1) is 15.0. The van der Waals surface area contributed by atoms with E-state index in [0.29, 0.717) is 11.3 Å². The number of nitriles is 1. The molecular formula is C16H11ClFNO2. The van der Waals surface area contributed by atoms with Gasteiger partial charge < -0.3 is 4.74 Å². The highest BCUT2D eigenvalue weighted by Crippen LogP contribution is 2.25. The largest absolute Gasteiger partial charge is 0.497 e. The van der Waals surface area contributed by atoms with Gasteiger partial charge in [-0.1, -0.05) is 23.7 Å². The van der Waals surface area contributed by atoms with E-state index >= 15 is 0 Å². The summed E-state index contributed by atoms with van der Waals surface area (Å²) in [4.78, 5) is 12.4. The van der Waals surface area contributed by atoms with Gasteiger partial charge in [0.1, 0.15) is 17.5 Å². The summed E-state index contributed by atoms with van der Waals surface area (Å²) in [6.45, 7) is 0. The second-order valence-electron chi connectivity index (χ2n) is 4.33. The second kappa shape index (κ2) is 6.38. The summed E-state index contributed by atoms with van der Waals surface area (Å²) in [7, 11) is 1.50. The number of benzene rings is 2. The summed E-state index contributed by atoms with van der Waals surface area (Å²) >= 11 is 5.67. The lowest BCUT2D eigenvalue weighted by atomic mass is 9.92. The number of carbonyl (C=O) groups excluding carboxylic acids is 1. The van der Waals surface area contributed by atoms with Crippen LogP contribution < -0.4 is 4.74 Å². The molecule has 0 aliphatic rings. The van der Waals surface area contributed by atoms with Crippen molar-refractivity contribution < 1.29 is 13.9 Å². The number of carbonyl (C=O) groups is 1. The predicted octanol–water partition coefficient (Wildman–Crippen LogP) is 3.98. The molecule has 2 aromatic carbocycles. The van der Waals surface area contributed by atoms with Gasteiger partial charge in [-0.3, -0.25) is 4.79 Å². The third-order valence-electron chi connectivity index (χ3n) is 3.02. The number of halogens is 2. The molecule has 0 radical (unpaired) electrons. The van der Waals surface area contributed by atoms with Gasteiger partial charge in [-0.05, 0) is 35.9 Å². The van der Waals surface area contributed by atoms with Gasteiger partial charge in [-0.15, -0.1) is 0 Å². The molecule has 0 spiro atoms. The van der Waals surface area contributed by atoms with E-state index in [0.717, 1.165) is 6.07 Å². The molecule has 0 bridgehead atoms. The van der Waals surface area contributed by atoms with E-state index in [4.69, 9.17) is 16.3 Å². The zero-order chi connectivity index (χ0) is 15.4. The Balaban J connectivity index is 2.38. The Morgan fingerprint density at radius 1 is 1.33 bits per heavy atom. The van der Waals surface area contributed by atoms with Crippen molar-refractivity contribution in [1.29, 1.82) is 5.26 Å². The zero-order valence-corrected chi connectivity index (χ0v) is 11.9. The lowest BCUT2D eigenvalue weighted by molar-refractivity contribution is 0.0979. The maximum atomic E-state index is 13.1. The van der Waals surface area contributed by atoms with Crippen molar-refractivity contribution in [3.05, 3.63) is 64.4 Å². The fourth-order valence-electron chi connectivity index (χ4n) is 1.92. The SMILES string of the molecule is COc1cccc(C(C#N)C(=O)c2ccc(F)c(Cl)c2)c1. The number of hydrogen-bond acceptors (Lipinski definition) is 3. The number of nitrogens with zero attached hydrogens (tertiary/aromatic N) is 1. The predicted molar refractivity (Wildman–Crippen MR) is 77.1 cm³/mol. The van der Waals surface area contributed by atoms with E-state index in [-0.39, 0.29) is 10.6 Å². The average molecular weight is 304 g/mol. The van der Waals surface area contributed by atoms with E-state index < -0.39 is 17.5 Å². The molecule has 2 aromatic rings. The molecule has 5 heteroatoms. The van der Waals surface area contributed by atoms with Gasteiger partial charge in [0.05, 0.1) is 18.2 Å². The van der Waals surface area contributed by atoms with Gasteiger partial charge in [0, 0.05) is 5.56 Å². The van der Waals surface area contributed by atoms with E-state index in [1.807, 2.05) is 6.07 Å². The van der Waals surface area contributed by atoms with Crippen molar-refractivity contribution in [1.82, 2.24) is 0 Å². The van der Waals surface area contributed by atoms with Gasteiger partial charge >= 0.3 is 0 Å². The Labute approximate surface area is 126 Å². The van der Waals surface area contributed by atoms with Crippen LogP contribution in [-0.2, 0) is 0 Å². The van der Waals surface area contributed by atoms with Gasteiger partial charge in [0.15, 0.2) is 5.78 Å². The summed E-state index contributed by atoms with van der Waals surface area (Å²) in [5.74, 6) is -1.49. The lowest BCUT2D eigenvalue weighted by Gasteiger charge is -2.10. The van der Waals surface area contributed by atoms with Crippen LogP contribution in [0.4, 0.5) is 4.39 Å². The first-order valence-corrected chi connectivity index (χ1v) is 6.47. The molecule has 3 nitrogen and oxygen atoms in total. The van der Waals surface area contributed by atoms with Crippen LogP contribution >= 0.6 is 11.6 Å². The summed E-state index contributed by atoms with van der Waals surface area (Å²) in [5, 5.41) is 9.13. The molecule has 106 valence electrons. The fraction of sp³-hybridized carbons (Fsp3) is 0.125. The molecule has 0 aromatic heterocycles. The first-order valence-electron chi connectivity index (χ1n) is 6.09. The summed E-state index contributed by atoms with van der Waals surface area (Å²) < 4.78 is 18.2. The van der Waals surface area contributed by atoms with Crippen LogP contribution in [0.5, 0.6) is 5.75 Å². The molecule has 0 aliphatic heterocycles. The van der Waals surface area contributed by atoms with Crippen molar-refractivity contribution in [2.45, 2.75) is 5.92 Å². The summed E-state index contributed by atoms with van der Waals surface area (Å²) in [6.07, 6.45) is 0. The number of Topliss-reactive ketones (excluding diaryl/α,β-unsaturated/α-hetero) is 1. The maximum absolute atomic E-state index is 13.1. The van der Waals surface area contributed by atoms with Gasteiger partial charge in [-0.25, -0.2) is 4.39 Å². The molecule has 0 heterocycles. The maximum Gasteiger partial charge on any atom is 0.184 e. The van der Waals surface area contributed by atoms with Crippen molar-refractivity contribution >= 4 is 17.4 Å².